The van der Waals surface area contributed by atoms with Gasteiger partial charge in [0.15, 0.2) is 0 Å². The van der Waals surface area contributed by atoms with E-state index in [0.29, 0.717) is 18.0 Å². The Morgan fingerprint density at radius 1 is 0.592 bits per heavy atom. The summed E-state index contributed by atoms with van der Waals surface area (Å²) >= 11 is 0. The van der Waals surface area contributed by atoms with Crippen molar-refractivity contribution in [2.24, 2.45) is 5.92 Å². The molecule has 3 heterocycles. The van der Waals surface area contributed by atoms with E-state index in [1.807, 2.05) is 6.07 Å². The zero-order valence-electron chi connectivity index (χ0n) is 44.6. The summed E-state index contributed by atoms with van der Waals surface area (Å²) in [5.41, 5.74) is 15.7. The predicted octanol–water partition coefficient (Wildman–Crippen LogP) is 20.4. The topological polar surface area (TPSA) is 55.1 Å². The van der Waals surface area contributed by atoms with Gasteiger partial charge in [0.2, 0.25) is 0 Å². The van der Waals surface area contributed by atoms with Crippen LogP contribution in [-0.2, 0) is 6.42 Å². The fourth-order valence-electron chi connectivity index (χ4n) is 11.7. The Morgan fingerprint density at radius 2 is 1.17 bits per heavy atom. The van der Waals surface area contributed by atoms with Gasteiger partial charge in [0.25, 0.3) is 0 Å². The zero-order valence-corrected chi connectivity index (χ0v) is 44.6. The number of aryl methyl sites for hydroxylation is 2. The Labute approximate surface area is 446 Å². The van der Waals surface area contributed by atoms with Crippen LogP contribution in [0.5, 0.6) is 11.5 Å². The van der Waals surface area contributed by atoms with Crippen molar-refractivity contribution in [3.05, 3.63) is 199 Å². The van der Waals surface area contributed by atoms with Gasteiger partial charge in [0.1, 0.15) is 45.0 Å². The Balaban J connectivity index is 0.779. The van der Waals surface area contributed by atoms with Crippen LogP contribution in [0.4, 0.5) is 17.1 Å². The Kier molecular flexibility index (Phi) is 13.3. The molecule has 3 unspecified atom stereocenters. The maximum atomic E-state index is 6.54. The van der Waals surface area contributed by atoms with Crippen molar-refractivity contribution in [1.29, 1.82) is 0 Å². The van der Waals surface area contributed by atoms with Crippen LogP contribution < -0.4 is 14.5 Å². The molecule has 0 aliphatic heterocycles. The first-order valence-corrected chi connectivity index (χ1v) is 27.5. The van der Waals surface area contributed by atoms with Crippen molar-refractivity contribution in [1.82, 2.24) is 0 Å². The molecule has 3 aromatic heterocycles. The summed E-state index contributed by atoms with van der Waals surface area (Å²) in [5.74, 6) is 2.07. The van der Waals surface area contributed by atoms with Crippen LogP contribution in [0.3, 0.4) is 0 Å². The molecule has 0 fully saturated rings. The molecule has 1 aliphatic carbocycles. The summed E-state index contributed by atoms with van der Waals surface area (Å²) in [7, 11) is 2.22. The molecule has 6 nitrogen and oxygen atoms in total. The van der Waals surface area contributed by atoms with Gasteiger partial charge in [-0.05, 0) is 171 Å². The van der Waals surface area contributed by atoms with Gasteiger partial charge in [-0.25, -0.2) is 0 Å². The summed E-state index contributed by atoms with van der Waals surface area (Å²) in [5, 5.41) is 6.51. The summed E-state index contributed by atoms with van der Waals surface area (Å²) in [6.45, 7) is 11.1. The number of anilines is 3. The number of hydrogen-bond acceptors (Lipinski definition) is 6. The molecule has 0 saturated heterocycles. The van der Waals surface area contributed by atoms with Gasteiger partial charge in [-0.3, -0.25) is 0 Å². The molecule has 8 aromatic carbocycles. The van der Waals surface area contributed by atoms with E-state index in [-0.39, 0.29) is 0 Å². The van der Waals surface area contributed by atoms with E-state index < -0.39 is 0 Å². The molecule has 6 heteroatoms. The second kappa shape index (κ2) is 20.8. The lowest BCUT2D eigenvalue weighted by atomic mass is 9.86. The minimum absolute atomic E-state index is 0.319. The van der Waals surface area contributed by atoms with Gasteiger partial charge in [-0.1, -0.05) is 118 Å². The molecule has 3 atom stereocenters. The number of furan rings is 3. The van der Waals surface area contributed by atoms with Gasteiger partial charge in [0, 0.05) is 86.6 Å². The van der Waals surface area contributed by atoms with Crippen LogP contribution >= 0.6 is 0 Å². The number of benzene rings is 8. The average Bonchev–Trinajstić information content (AvgIpc) is 4.21. The number of fused-ring (bicyclic) bond motifs is 9. The molecule has 0 N–H and O–H groups in total. The maximum Gasteiger partial charge on any atom is 0.139 e. The van der Waals surface area contributed by atoms with Crippen LogP contribution in [0.25, 0.3) is 88.1 Å². The van der Waals surface area contributed by atoms with Crippen LogP contribution in [0.1, 0.15) is 77.3 Å². The number of para-hydroxylation sites is 1. The van der Waals surface area contributed by atoms with Gasteiger partial charge in [-0.15, -0.1) is 0 Å². The highest BCUT2D eigenvalue weighted by Crippen LogP contribution is 2.43. The Hall–Kier alpha value is -8.22. The summed E-state index contributed by atoms with van der Waals surface area (Å²) in [4.78, 5) is 4.95. The number of allylic oxidation sites excluding steroid dienone is 5. The van der Waals surface area contributed by atoms with E-state index in [0.717, 1.165) is 150 Å². The average molecular weight is 999 g/mol. The monoisotopic (exact) mass is 999 g/mol. The second-order valence-corrected chi connectivity index (χ2v) is 20.9. The third-order valence-electron chi connectivity index (χ3n) is 15.9. The first-order chi connectivity index (χ1) is 37.2. The van der Waals surface area contributed by atoms with Crippen LogP contribution in [0, 0.1) is 12.8 Å². The smallest absolute Gasteiger partial charge is 0.139 e. The molecule has 0 spiro atoms. The molecule has 12 rings (SSSR count). The van der Waals surface area contributed by atoms with Gasteiger partial charge >= 0.3 is 0 Å². The number of rotatable bonds is 16. The Bertz CT molecular complexity index is 4000. The van der Waals surface area contributed by atoms with Crippen molar-refractivity contribution in [2.45, 2.75) is 91.6 Å². The standard InChI is InChI=1S/C70H66N2O4/c1-7-10-11-12-13-19-50-21-14-16-22-62(50)71(6)53-30-33-55(34-31-53)73-67-43-68-56(38-45(67)4)57-39-51(28-35-64(57)74-68)47-24-26-48(27-25-47)52-29-36-65-58(40-52)60-42-61-59-41-54(32-37-66(59)76-70(61)44-69(60)75-65)72(46(5)9-3)63-23-17-15-20-49(63)18-8-2/h10-15,17,20-21,23-44,46,50,62H,7-9,16,18-19,22H2,1-6H3/b11-10-,13-12-. The van der Waals surface area contributed by atoms with E-state index in [2.05, 4.69) is 234 Å². The second-order valence-electron chi connectivity index (χ2n) is 20.9. The fourth-order valence-corrected chi connectivity index (χ4v) is 11.7. The quantitative estimate of drug-likeness (QED) is 0.0710. The maximum absolute atomic E-state index is 6.54. The number of ether oxygens (including phenoxy) is 1. The van der Waals surface area contributed by atoms with E-state index in [4.69, 9.17) is 18.0 Å². The highest BCUT2D eigenvalue weighted by Gasteiger charge is 2.26. The first kappa shape index (κ1) is 48.7. The van der Waals surface area contributed by atoms with Crippen LogP contribution in [0.15, 0.2) is 201 Å². The predicted molar refractivity (Wildman–Crippen MR) is 320 cm³/mol. The van der Waals surface area contributed by atoms with Gasteiger partial charge < -0.3 is 27.8 Å². The highest BCUT2D eigenvalue weighted by molar-refractivity contribution is 6.16. The van der Waals surface area contributed by atoms with Crippen LogP contribution in [-0.4, -0.2) is 19.1 Å². The number of hydrogen-bond donors (Lipinski definition) is 0. The van der Waals surface area contributed by atoms with Crippen molar-refractivity contribution >= 4 is 82.9 Å². The molecule has 0 bridgehead atoms. The zero-order chi connectivity index (χ0) is 51.9. The minimum atomic E-state index is 0.319. The lowest BCUT2D eigenvalue weighted by Gasteiger charge is -2.36. The van der Waals surface area contributed by atoms with Crippen molar-refractivity contribution in [2.75, 3.05) is 16.8 Å². The van der Waals surface area contributed by atoms with Gasteiger partial charge in [-0.2, -0.15) is 0 Å². The van der Waals surface area contributed by atoms with Crippen molar-refractivity contribution in [3.8, 4) is 33.8 Å². The Morgan fingerprint density at radius 3 is 1.83 bits per heavy atom. The van der Waals surface area contributed by atoms with E-state index in [9.17, 15) is 0 Å². The van der Waals surface area contributed by atoms with Crippen molar-refractivity contribution < 1.29 is 18.0 Å². The third-order valence-corrected chi connectivity index (χ3v) is 15.9. The molecule has 0 saturated carbocycles. The molecule has 11 aromatic rings. The summed E-state index contributed by atoms with van der Waals surface area (Å²) < 4.78 is 26.0. The van der Waals surface area contributed by atoms with Crippen molar-refractivity contribution in [3.63, 3.8) is 0 Å². The molecule has 0 amide bonds. The largest absolute Gasteiger partial charge is 0.457 e. The lowest BCUT2D eigenvalue weighted by molar-refractivity contribution is 0.441. The van der Waals surface area contributed by atoms with Crippen LogP contribution in [0.2, 0.25) is 0 Å². The van der Waals surface area contributed by atoms with Gasteiger partial charge in [0.05, 0.1) is 0 Å². The molecule has 76 heavy (non-hydrogen) atoms. The number of nitrogens with zero attached hydrogens (tertiary/aromatic N) is 2. The third kappa shape index (κ3) is 9.25. The van der Waals surface area contributed by atoms with E-state index in [1.165, 1.54) is 22.6 Å². The van der Waals surface area contributed by atoms with E-state index in [1.54, 1.807) is 0 Å². The SMILES string of the molecule is CC/C=C\C=C/CC1C=CCCC1N(C)c1ccc(Oc2cc3oc4ccc(-c5ccc(-c6ccc7oc8cc9oc%10ccc(N(c%11ccccc%11CCC)C(C)CC)cc%10c9cc8c7c6)cc5)cc4c3cc2C)cc1. The molecular weight excluding hydrogens is 933 g/mol. The first-order valence-electron chi connectivity index (χ1n) is 27.5. The fraction of sp³-hybridized carbons (Fsp3) is 0.229. The molecule has 0 radical (unpaired) electrons. The summed E-state index contributed by atoms with van der Waals surface area (Å²) in [6, 6.07) is 55.2. The summed E-state index contributed by atoms with van der Waals surface area (Å²) in [6.07, 6.45) is 21.1. The highest BCUT2D eigenvalue weighted by atomic mass is 16.5. The normalized spacial score (nSPS) is 15.4. The molecule has 1 aliphatic rings. The lowest BCUT2D eigenvalue weighted by Crippen LogP contribution is -2.38. The minimum Gasteiger partial charge on any atom is -0.457 e. The van der Waals surface area contributed by atoms with E-state index >= 15 is 0 Å². The molecular formula is C70H66N2O4. The molecule has 380 valence electrons.